The summed E-state index contributed by atoms with van der Waals surface area (Å²) in [5, 5.41) is 21.5. The summed E-state index contributed by atoms with van der Waals surface area (Å²) in [7, 11) is -6.11. The zero-order valence-electron chi connectivity index (χ0n) is 78.6. The van der Waals surface area contributed by atoms with E-state index in [1.807, 2.05) is 29.5 Å². The minimum Gasteiger partial charge on any atom is -0.456 e. The lowest BCUT2D eigenvalue weighted by Crippen LogP contribution is -2.49. The minimum absolute atomic E-state index is 0.0881. The van der Waals surface area contributed by atoms with Crippen molar-refractivity contribution in [3.63, 3.8) is 0 Å². The van der Waals surface area contributed by atoms with Crippen LogP contribution in [0.2, 0.25) is 39.3 Å². The third-order valence-corrected chi connectivity index (χ3v) is 43.4. The Morgan fingerprint density at radius 2 is 0.676 bits per heavy atom. The summed E-state index contributed by atoms with van der Waals surface area (Å²) in [5.41, 5.74) is 35.6. The van der Waals surface area contributed by atoms with E-state index in [1.54, 1.807) is 0 Å². The lowest BCUT2D eigenvalue weighted by atomic mass is 9.82. The van der Waals surface area contributed by atoms with Crippen molar-refractivity contribution in [2.75, 3.05) is 0 Å². The van der Waals surface area contributed by atoms with Gasteiger partial charge in [0.1, 0.15) is 46.6 Å². The van der Waals surface area contributed by atoms with Crippen molar-refractivity contribution in [2.24, 2.45) is 0 Å². The Labute approximate surface area is 810 Å². The summed E-state index contributed by atoms with van der Waals surface area (Å²) in [6.07, 6.45) is 0. The third-order valence-electron chi connectivity index (χ3n) is 31.5. The van der Waals surface area contributed by atoms with Crippen LogP contribution in [0.25, 0.3) is 237 Å². The van der Waals surface area contributed by atoms with Gasteiger partial charge in [-0.05, 0) is 152 Å². The summed E-state index contributed by atoms with van der Waals surface area (Å²) < 4.78 is 18.0. The van der Waals surface area contributed by atoms with E-state index in [0.29, 0.717) is 5.95 Å². The quantitative estimate of drug-likeness (QED) is 0.152. The molecule has 30 rings (SSSR count). The monoisotopic (exact) mass is 1850 g/mol. The van der Waals surface area contributed by atoms with E-state index in [1.165, 1.54) is 135 Å². The second-order valence-corrected chi connectivity index (χ2v) is 54.8. The number of hydrogen-bond donors (Lipinski definition) is 0. The summed E-state index contributed by atoms with van der Waals surface area (Å²) in [6.45, 7) is 24.2. The first-order valence-electron chi connectivity index (χ1n) is 48.3. The maximum absolute atomic E-state index is 6.60. The van der Waals surface area contributed by atoms with Crippen molar-refractivity contribution < 1.29 is 8.83 Å². The Hall–Kier alpha value is -15.7. The highest BCUT2D eigenvalue weighted by molar-refractivity contribution is 7.26. The van der Waals surface area contributed by atoms with Gasteiger partial charge < -0.3 is 8.83 Å². The van der Waals surface area contributed by atoms with Crippen molar-refractivity contribution in [1.82, 2.24) is 34.5 Å². The highest BCUT2D eigenvalue weighted by Gasteiger charge is 2.46. The van der Waals surface area contributed by atoms with Crippen LogP contribution in [0.15, 0.2) is 379 Å². The van der Waals surface area contributed by atoms with E-state index >= 15 is 0 Å². The van der Waals surface area contributed by atoms with E-state index in [-0.39, 0.29) is 10.8 Å². The molecule has 0 amide bonds. The van der Waals surface area contributed by atoms with Gasteiger partial charge in [0, 0.05) is 113 Å². The van der Waals surface area contributed by atoms with Crippen molar-refractivity contribution in [2.45, 2.75) is 77.8 Å². The predicted molar refractivity (Wildman–Crippen MR) is 589 cm³/mol. The van der Waals surface area contributed by atoms with Crippen molar-refractivity contribution in [3.8, 4) is 118 Å². The summed E-state index contributed by atoms with van der Waals surface area (Å²) in [4.78, 5) is 32.8. The number of hydrogen-bond acceptors (Lipinski definition) is 9. The minimum atomic E-state index is -2.07. The zero-order chi connectivity index (χ0) is 93.2. The van der Waals surface area contributed by atoms with Gasteiger partial charge in [-0.1, -0.05) is 382 Å². The number of thiophene rings is 1. The summed E-state index contributed by atoms with van der Waals surface area (Å²) >= 11 is 1.92. The molecule has 5 aliphatic rings. The van der Waals surface area contributed by atoms with Crippen molar-refractivity contribution in [1.29, 1.82) is 0 Å². The molecule has 18 aromatic carbocycles. The molecule has 2 aliphatic carbocycles. The molecule has 7 aromatic heterocycles. The Morgan fingerprint density at radius 3 is 1.21 bits per heavy atom. The number of fused-ring (bicyclic) bond motifs is 36. The molecular formula is C126H91N7O2SSi3. The number of furan rings is 2. The second-order valence-electron chi connectivity index (χ2n) is 40.9. The fourth-order valence-corrected chi connectivity index (χ4v) is 36.2. The van der Waals surface area contributed by atoms with E-state index in [9.17, 15) is 0 Å². The van der Waals surface area contributed by atoms with Crippen LogP contribution >= 0.6 is 11.3 Å². The van der Waals surface area contributed by atoms with Gasteiger partial charge in [-0.25, -0.2) is 29.9 Å². The maximum atomic E-state index is 6.60. The number of para-hydroxylation sites is 3. The number of benzene rings is 18. The lowest BCUT2D eigenvalue weighted by Gasteiger charge is -2.22. The predicted octanol–water partition coefficient (Wildman–Crippen LogP) is 29.5. The average Bonchev–Trinajstić information content (AvgIpc) is 1.58. The molecule has 25 aromatic rings. The molecule has 0 spiro atoms. The van der Waals surface area contributed by atoms with Gasteiger partial charge in [0.15, 0.2) is 11.6 Å². The van der Waals surface area contributed by atoms with Gasteiger partial charge >= 0.3 is 0 Å². The molecule has 660 valence electrons. The van der Waals surface area contributed by atoms with Crippen LogP contribution in [-0.4, -0.2) is 58.7 Å². The molecule has 0 N–H and O–H groups in total. The van der Waals surface area contributed by atoms with Gasteiger partial charge in [0.2, 0.25) is 5.95 Å². The second kappa shape index (κ2) is 29.6. The SMILES string of the molecule is CC1(C)c2ccc(-c3nc(-c4ccccc4)c4ccc5c(c4n3)[Si](C)(C)c3ccccc3-5)cc2-c2c1ccc1c2oc2ccccc21.CC1(C)c2ccc(-c3nc(-c4ccccc4)c4ccc5c(c4n3)[Si](C)(C)c3ccccc3-5)cc2-c2c1ccc1c2sc2ccccc21.C[Si]1(C)c2ccccc2-c2ccc3c(-c4ccccc4)nc(-n4c5ccccc5c5ccc6oc7ccccc7c6c54)nc3c21. The van der Waals surface area contributed by atoms with Crippen LogP contribution in [-0.2, 0) is 10.8 Å². The summed E-state index contributed by atoms with van der Waals surface area (Å²) in [5.74, 6) is 2.24. The Morgan fingerprint density at radius 1 is 0.273 bits per heavy atom. The molecule has 0 radical (unpaired) electrons. The average molecular weight is 1850 g/mol. The van der Waals surface area contributed by atoms with Crippen molar-refractivity contribution >= 4 is 185 Å². The molecule has 0 bridgehead atoms. The van der Waals surface area contributed by atoms with Gasteiger partial charge in [-0.2, -0.15) is 0 Å². The van der Waals surface area contributed by atoms with Crippen LogP contribution in [0.1, 0.15) is 49.9 Å². The van der Waals surface area contributed by atoms with Crippen LogP contribution in [0.3, 0.4) is 0 Å². The van der Waals surface area contributed by atoms with E-state index < -0.39 is 24.2 Å². The third kappa shape index (κ3) is 11.7. The zero-order valence-corrected chi connectivity index (χ0v) is 82.4. The maximum Gasteiger partial charge on any atom is 0.235 e. The first-order valence-corrected chi connectivity index (χ1v) is 58.1. The first-order chi connectivity index (χ1) is 67.7. The molecule has 0 saturated heterocycles. The summed E-state index contributed by atoms with van der Waals surface area (Å²) in [6, 6.07) is 134. The van der Waals surface area contributed by atoms with Crippen LogP contribution < -0.4 is 31.1 Å². The smallest absolute Gasteiger partial charge is 0.235 e. The van der Waals surface area contributed by atoms with Gasteiger partial charge in [0.05, 0.1) is 50.1 Å². The molecule has 0 atom stereocenters. The largest absolute Gasteiger partial charge is 0.456 e. The molecule has 13 heteroatoms. The van der Waals surface area contributed by atoms with Crippen molar-refractivity contribution in [3.05, 3.63) is 392 Å². The fourth-order valence-electron chi connectivity index (χ4n) is 24.9. The van der Waals surface area contributed by atoms with Crippen LogP contribution in [0, 0.1) is 0 Å². The number of nitrogens with zero attached hydrogens (tertiary/aromatic N) is 7. The molecule has 9 nitrogen and oxygen atoms in total. The first kappa shape index (κ1) is 81.6. The molecule has 0 unspecified atom stereocenters. The molecule has 0 fully saturated rings. The Kier molecular flexibility index (Phi) is 17.4. The van der Waals surface area contributed by atoms with Gasteiger partial charge in [0.25, 0.3) is 0 Å². The number of rotatable bonds is 6. The molecule has 0 saturated carbocycles. The number of aromatic nitrogens is 7. The van der Waals surface area contributed by atoms with E-state index in [2.05, 4.69) is 423 Å². The molecular weight excluding hydrogens is 1760 g/mol. The normalized spacial score (nSPS) is 14.7. The van der Waals surface area contributed by atoms with E-state index in [0.717, 1.165) is 150 Å². The van der Waals surface area contributed by atoms with Gasteiger partial charge in [-0.3, -0.25) is 4.57 Å². The standard InChI is InChI=1S/C43H32N2OSi.C43H32N2SSi.C40H27N3OSi/c2*1-43(2)33-22-18-26(24-32(33)37-34(43)23-21-29-27-14-8-10-16-35(27)46-40(29)37)42-44-38(25-12-6-5-7-13-25)31-20-19-30-28-15-9-11-17-36(28)47(3,4)41(30)39(31)45-42;1-45(2)34-19-11-8-15-26(34)28-20-21-30-36(24-12-4-3-5-13-24)41-40(42-37(30)39(28)45)43-31-17-9-6-14-25(31)27-22-23-33-35(38(27)43)29-16-7-10-18-32(29)44-33/h2*5-24H,1-4H3;3-23H,1-2H3. The Balaban J connectivity index is 0.000000103. The topological polar surface area (TPSA) is 109 Å². The highest BCUT2D eigenvalue weighted by atomic mass is 32.1. The van der Waals surface area contributed by atoms with Crippen LogP contribution in [0.4, 0.5) is 0 Å². The Bertz CT molecular complexity index is 9340. The lowest BCUT2D eigenvalue weighted by molar-refractivity contribution is 0.653. The van der Waals surface area contributed by atoms with Crippen LogP contribution in [0.5, 0.6) is 0 Å². The molecule has 139 heavy (non-hydrogen) atoms. The molecule has 10 heterocycles. The fraction of sp³-hybridized carbons (Fsp3) is 0.0952. The highest BCUT2D eigenvalue weighted by Crippen LogP contribution is 2.57. The molecule has 3 aliphatic heterocycles. The van der Waals surface area contributed by atoms with Gasteiger partial charge in [-0.15, -0.1) is 11.3 Å². The van der Waals surface area contributed by atoms with E-state index in [4.69, 9.17) is 38.7 Å².